The molecule has 94 valence electrons. The van der Waals surface area contributed by atoms with Crippen LogP contribution in [0.5, 0.6) is 0 Å². The summed E-state index contributed by atoms with van der Waals surface area (Å²) in [7, 11) is 0. The van der Waals surface area contributed by atoms with E-state index in [1.54, 1.807) is 0 Å². The van der Waals surface area contributed by atoms with Crippen LogP contribution in [-0.4, -0.2) is 17.7 Å². The molecule has 16 heavy (non-hydrogen) atoms. The van der Waals surface area contributed by atoms with E-state index in [2.05, 4.69) is 13.8 Å². The van der Waals surface area contributed by atoms with Crippen molar-refractivity contribution in [2.45, 2.75) is 58.5 Å². The van der Waals surface area contributed by atoms with E-state index >= 15 is 0 Å². The van der Waals surface area contributed by atoms with Gasteiger partial charge in [-0.25, -0.2) is 0 Å². The van der Waals surface area contributed by atoms with Crippen LogP contribution in [0, 0.1) is 11.8 Å². The third kappa shape index (κ3) is 5.26. The van der Waals surface area contributed by atoms with Gasteiger partial charge in [-0.1, -0.05) is 26.1 Å². The van der Waals surface area contributed by atoms with Crippen molar-refractivity contribution in [2.24, 2.45) is 17.6 Å². The van der Waals surface area contributed by atoms with Crippen molar-refractivity contribution >= 4 is 17.2 Å². The molecule has 0 spiro atoms. The molecule has 3 unspecified atom stereocenters. The molecule has 1 rings (SSSR count). The van der Waals surface area contributed by atoms with Gasteiger partial charge in [-0.3, -0.25) is 0 Å². The number of nitrogens with two attached hydrogens (primary N) is 1. The maximum Gasteiger partial charge on any atom is 0.0727 e. The molecule has 0 radical (unpaired) electrons. The summed E-state index contributed by atoms with van der Waals surface area (Å²) in [5, 5.41) is 0. The number of ether oxygens (including phenoxy) is 1. The topological polar surface area (TPSA) is 35.2 Å². The van der Waals surface area contributed by atoms with E-state index in [4.69, 9.17) is 22.7 Å². The summed E-state index contributed by atoms with van der Waals surface area (Å²) in [4.78, 5) is 0.625. The Morgan fingerprint density at radius 2 is 2.00 bits per heavy atom. The fraction of sp³-hybridized carbons (Fsp3) is 0.923. The molecule has 2 N–H and O–H groups in total. The van der Waals surface area contributed by atoms with Gasteiger partial charge in [0.25, 0.3) is 0 Å². The lowest BCUT2D eigenvalue weighted by Gasteiger charge is -2.31. The van der Waals surface area contributed by atoms with E-state index in [-0.39, 0.29) is 0 Å². The van der Waals surface area contributed by atoms with Crippen LogP contribution in [-0.2, 0) is 4.74 Å². The Balaban J connectivity index is 2.03. The van der Waals surface area contributed by atoms with E-state index in [9.17, 15) is 0 Å². The van der Waals surface area contributed by atoms with Crippen molar-refractivity contribution < 1.29 is 4.74 Å². The highest BCUT2D eigenvalue weighted by Gasteiger charge is 2.24. The molecular weight excluding hydrogens is 218 g/mol. The summed E-state index contributed by atoms with van der Waals surface area (Å²) >= 11 is 4.84. The summed E-state index contributed by atoms with van der Waals surface area (Å²) in [6.45, 7) is 5.56. The second-order valence-corrected chi connectivity index (χ2v) is 5.71. The first-order valence-electron chi connectivity index (χ1n) is 6.49. The minimum Gasteiger partial charge on any atom is -0.393 e. The molecule has 0 aliphatic heterocycles. The van der Waals surface area contributed by atoms with Crippen LogP contribution in [0.4, 0.5) is 0 Å². The third-order valence-electron chi connectivity index (χ3n) is 3.72. The Hall–Kier alpha value is -0.150. The van der Waals surface area contributed by atoms with E-state index in [1.807, 2.05) is 0 Å². The van der Waals surface area contributed by atoms with Gasteiger partial charge in [-0.05, 0) is 50.4 Å². The minimum atomic E-state index is 0.496. The lowest BCUT2D eigenvalue weighted by Crippen LogP contribution is -2.27. The van der Waals surface area contributed by atoms with Gasteiger partial charge in [0.1, 0.15) is 0 Å². The average molecular weight is 243 g/mol. The van der Waals surface area contributed by atoms with Gasteiger partial charge >= 0.3 is 0 Å². The van der Waals surface area contributed by atoms with Gasteiger partial charge in [-0.2, -0.15) is 0 Å². The molecule has 0 bridgehead atoms. The van der Waals surface area contributed by atoms with Crippen molar-refractivity contribution in [3.8, 4) is 0 Å². The molecule has 0 aromatic rings. The van der Waals surface area contributed by atoms with Crippen molar-refractivity contribution in [1.29, 1.82) is 0 Å². The molecule has 0 aromatic heterocycles. The first-order chi connectivity index (χ1) is 7.59. The molecule has 0 heterocycles. The zero-order valence-electron chi connectivity index (χ0n) is 10.6. The fourth-order valence-electron chi connectivity index (χ4n) is 2.30. The molecule has 2 nitrogen and oxygen atoms in total. The van der Waals surface area contributed by atoms with Gasteiger partial charge in [-0.15, -0.1) is 0 Å². The van der Waals surface area contributed by atoms with E-state index in [0.717, 1.165) is 37.7 Å². The maximum absolute atomic E-state index is 5.90. The minimum absolute atomic E-state index is 0.496. The predicted molar refractivity (Wildman–Crippen MR) is 72.6 cm³/mol. The smallest absolute Gasteiger partial charge is 0.0727 e. The Morgan fingerprint density at radius 3 is 2.62 bits per heavy atom. The lowest BCUT2D eigenvalue weighted by molar-refractivity contribution is 0.00131. The predicted octanol–water partition coefficient (Wildman–Crippen LogP) is 3.28. The number of thiocarbonyl (C=S) groups is 1. The summed E-state index contributed by atoms with van der Waals surface area (Å²) < 4.78 is 5.90. The molecule has 1 saturated carbocycles. The van der Waals surface area contributed by atoms with Crippen LogP contribution in [0.3, 0.4) is 0 Å². The molecule has 0 saturated heterocycles. The molecule has 1 aliphatic carbocycles. The number of hydrogen-bond acceptors (Lipinski definition) is 2. The molecule has 0 amide bonds. The maximum atomic E-state index is 5.90. The van der Waals surface area contributed by atoms with Crippen LogP contribution in [0.1, 0.15) is 52.4 Å². The summed E-state index contributed by atoms with van der Waals surface area (Å²) in [5.74, 6) is 1.69. The first-order valence-corrected chi connectivity index (χ1v) is 6.90. The highest BCUT2D eigenvalue weighted by atomic mass is 32.1. The molecule has 1 fully saturated rings. The second kappa shape index (κ2) is 7.23. The zero-order chi connectivity index (χ0) is 12.0. The van der Waals surface area contributed by atoms with E-state index in [0.29, 0.717) is 11.1 Å². The molecular formula is C13H25NOS. The Kier molecular flexibility index (Phi) is 6.29. The number of hydrogen-bond donors (Lipinski definition) is 1. The number of rotatable bonds is 6. The average Bonchev–Trinajstić information content (AvgIpc) is 2.22. The van der Waals surface area contributed by atoms with Crippen molar-refractivity contribution in [3.63, 3.8) is 0 Å². The van der Waals surface area contributed by atoms with Gasteiger partial charge < -0.3 is 10.5 Å². The summed E-state index contributed by atoms with van der Waals surface area (Å²) in [6, 6.07) is 0. The van der Waals surface area contributed by atoms with Crippen LogP contribution in [0.2, 0.25) is 0 Å². The van der Waals surface area contributed by atoms with Crippen LogP contribution >= 0.6 is 12.2 Å². The second-order valence-electron chi connectivity index (χ2n) is 5.18. The highest BCUT2D eigenvalue weighted by Crippen LogP contribution is 2.30. The Labute approximate surface area is 105 Å². The van der Waals surface area contributed by atoms with Gasteiger partial charge in [0, 0.05) is 6.61 Å². The van der Waals surface area contributed by atoms with Crippen molar-refractivity contribution in [3.05, 3.63) is 0 Å². The van der Waals surface area contributed by atoms with Crippen molar-refractivity contribution in [2.75, 3.05) is 6.61 Å². The summed E-state index contributed by atoms with van der Waals surface area (Å²) in [5.41, 5.74) is 5.44. The van der Waals surface area contributed by atoms with Gasteiger partial charge in [0.2, 0.25) is 0 Å². The van der Waals surface area contributed by atoms with Crippen LogP contribution in [0.15, 0.2) is 0 Å². The third-order valence-corrected chi connectivity index (χ3v) is 3.93. The Morgan fingerprint density at radius 1 is 1.25 bits per heavy atom. The highest BCUT2D eigenvalue weighted by molar-refractivity contribution is 7.80. The Bertz CT molecular complexity index is 220. The van der Waals surface area contributed by atoms with E-state index < -0.39 is 0 Å². The first kappa shape index (κ1) is 13.9. The molecule has 0 aromatic carbocycles. The lowest BCUT2D eigenvalue weighted by atomic mass is 9.80. The SMILES string of the molecule is CC1CCC(OCCCCC(N)=S)CC1C. The quantitative estimate of drug-likeness (QED) is 0.574. The van der Waals surface area contributed by atoms with Gasteiger partial charge in [0.15, 0.2) is 0 Å². The van der Waals surface area contributed by atoms with Crippen LogP contribution < -0.4 is 5.73 Å². The van der Waals surface area contributed by atoms with Crippen LogP contribution in [0.25, 0.3) is 0 Å². The zero-order valence-corrected chi connectivity index (χ0v) is 11.4. The number of unbranched alkanes of at least 4 members (excludes halogenated alkanes) is 1. The molecule has 1 aliphatic rings. The van der Waals surface area contributed by atoms with Gasteiger partial charge in [0.05, 0.1) is 11.1 Å². The standard InChI is InChI=1S/C13H25NOS/c1-10-6-7-12(9-11(10)2)15-8-4-3-5-13(14)16/h10-12H,3-9H2,1-2H3,(H2,14,16). The monoisotopic (exact) mass is 243 g/mol. The van der Waals surface area contributed by atoms with Crippen molar-refractivity contribution in [1.82, 2.24) is 0 Å². The molecule has 3 atom stereocenters. The van der Waals surface area contributed by atoms with E-state index in [1.165, 1.54) is 19.3 Å². The normalized spacial score (nSPS) is 30.2. The summed E-state index contributed by atoms with van der Waals surface area (Å²) in [6.07, 6.45) is 7.29. The fourth-order valence-corrected chi connectivity index (χ4v) is 2.45. The largest absolute Gasteiger partial charge is 0.393 e. The molecule has 3 heteroatoms.